The summed E-state index contributed by atoms with van der Waals surface area (Å²) >= 11 is 0. The minimum Gasteiger partial charge on any atom is -0.480 e. The summed E-state index contributed by atoms with van der Waals surface area (Å²) < 4.78 is 5.56. The third-order valence-electron chi connectivity index (χ3n) is 6.37. The van der Waals surface area contributed by atoms with Gasteiger partial charge in [-0.3, -0.25) is 14.9 Å². The first kappa shape index (κ1) is 24.7. The van der Waals surface area contributed by atoms with Crippen LogP contribution in [0.15, 0.2) is 97.1 Å². The number of carboxylic acids is 1. The number of carbonyl (C=O) groups is 3. The highest BCUT2D eigenvalue weighted by Gasteiger charge is 2.29. The van der Waals surface area contributed by atoms with Gasteiger partial charge in [-0.15, -0.1) is 0 Å². The quantitative estimate of drug-likeness (QED) is 0.341. The number of nitrogens with one attached hydrogen (secondary N) is 1. The third-order valence-corrected chi connectivity index (χ3v) is 6.37. The van der Waals surface area contributed by atoms with Crippen LogP contribution >= 0.6 is 0 Å². The number of carbonyl (C=O) groups excluding carboxylic acids is 2. The van der Waals surface area contributed by atoms with E-state index < -0.39 is 24.5 Å². The maximum absolute atomic E-state index is 13.1. The Hall–Kier alpha value is -4.98. The number of carboxylic acid groups (broad SMARTS) is 1. The van der Waals surface area contributed by atoms with Crippen LogP contribution in [0.25, 0.3) is 11.1 Å². The minimum atomic E-state index is -1.14. The topological polar surface area (TPSA) is 109 Å². The number of amides is 2. The molecule has 1 aliphatic carbocycles. The van der Waals surface area contributed by atoms with E-state index in [2.05, 4.69) is 22.4 Å². The van der Waals surface area contributed by atoms with E-state index in [1.807, 2.05) is 66.7 Å². The number of aromatic nitrogens is 1. The van der Waals surface area contributed by atoms with Crippen molar-refractivity contribution in [2.45, 2.75) is 12.5 Å². The maximum atomic E-state index is 13.1. The lowest BCUT2D eigenvalue weighted by molar-refractivity contribution is -0.137. The minimum absolute atomic E-state index is 0.0126. The number of ether oxygens (including phenoxy) is 1. The number of fused-ring (bicyclic) bond motifs is 3. The molecule has 0 aliphatic heterocycles. The number of hydrogen-bond donors (Lipinski definition) is 2. The van der Waals surface area contributed by atoms with Gasteiger partial charge in [0.05, 0.1) is 0 Å². The molecule has 5 rings (SSSR count). The molecule has 2 N–H and O–H groups in total. The summed E-state index contributed by atoms with van der Waals surface area (Å²) in [6, 6.07) is 29.8. The predicted octanol–water partition coefficient (Wildman–Crippen LogP) is 5.17. The Morgan fingerprint density at radius 2 is 1.45 bits per heavy atom. The van der Waals surface area contributed by atoms with Crippen molar-refractivity contribution in [1.82, 2.24) is 9.88 Å². The number of nitrogens with zero attached hydrogens (tertiary/aromatic N) is 2. The Kier molecular flexibility index (Phi) is 7.13. The molecule has 1 aliphatic rings. The van der Waals surface area contributed by atoms with Crippen molar-refractivity contribution >= 4 is 23.8 Å². The van der Waals surface area contributed by atoms with Gasteiger partial charge in [0.15, 0.2) is 0 Å². The summed E-state index contributed by atoms with van der Waals surface area (Å²) in [4.78, 5) is 42.6. The highest BCUT2D eigenvalue weighted by Crippen LogP contribution is 2.44. The molecule has 0 unspecified atom stereocenters. The van der Waals surface area contributed by atoms with Gasteiger partial charge >= 0.3 is 12.1 Å². The molecular formula is C30H25N3O5. The predicted molar refractivity (Wildman–Crippen MR) is 142 cm³/mol. The van der Waals surface area contributed by atoms with E-state index in [1.165, 1.54) is 17.0 Å². The number of hydrogen-bond acceptors (Lipinski definition) is 5. The molecule has 0 bridgehead atoms. The van der Waals surface area contributed by atoms with Crippen LogP contribution in [0.5, 0.6) is 0 Å². The third kappa shape index (κ3) is 5.39. The summed E-state index contributed by atoms with van der Waals surface area (Å²) in [5.41, 5.74) is 5.26. The van der Waals surface area contributed by atoms with E-state index in [4.69, 9.17) is 4.74 Å². The van der Waals surface area contributed by atoms with Crippen molar-refractivity contribution in [3.63, 3.8) is 0 Å². The molecule has 4 aromatic rings. The van der Waals surface area contributed by atoms with Gasteiger partial charge in [-0.2, -0.15) is 0 Å². The van der Waals surface area contributed by atoms with Crippen LogP contribution in [0.2, 0.25) is 0 Å². The zero-order valence-electron chi connectivity index (χ0n) is 20.4. The zero-order valence-corrected chi connectivity index (χ0v) is 20.4. The molecule has 0 atom stereocenters. The SMILES string of the molecule is O=C(O)CN(Cc1ccccc1)C(=O)c1cccc(NC(=O)OCC2c3ccccc3-c3ccccc32)n1. The monoisotopic (exact) mass is 507 g/mol. The van der Waals surface area contributed by atoms with Crippen LogP contribution in [-0.4, -0.2) is 46.1 Å². The van der Waals surface area contributed by atoms with Gasteiger partial charge in [0, 0.05) is 12.5 Å². The van der Waals surface area contributed by atoms with Gasteiger partial charge in [0.2, 0.25) is 0 Å². The molecule has 0 fully saturated rings. The molecule has 0 saturated carbocycles. The van der Waals surface area contributed by atoms with E-state index in [1.54, 1.807) is 6.07 Å². The van der Waals surface area contributed by atoms with E-state index in [0.717, 1.165) is 27.8 Å². The smallest absolute Gasteiger partial charge is 0.412 e. The number of rotatable bonds is 8. The summed E-state index contributed by atoms with van der Waals surface area (Å²) in [6.07, 6.45) is -0.698. The van der Waals surface area contributed by atoms with E-state index in [-0.39, 0.29) is 30.6 Å². The average Bonchev–Trinajstić information content (AvgIpc) is 3.25. The number of pyridine rings is 1. The summed E-state index contributed by atoms with van der Waals surface area (Å²) in [5.74, 6) is -1.66. The summed E-state index contributed by atoms with van der Waals surface area (Å²) in [6.45, 7) is -0.237. The Labute approximate surface area is 219 Å². The second-order valence-corrected chi connectivity index (χ2v) is 8.90. The molecule has 0 saturated heterocycles. The Bertz CT molecular complexity index is 1440. The first-order valence-corrected chi connectivity index (χ1v) is 12.1. The average molecular weight is 508 g/mol. The molecular weight excluding hydrogens is 482 g/mol. The van der Waals surface area contributed by atoms with Crippen LogP contribution in [-0.2, 0) is 16.1 Å². The molecule has 3 aromatic carbocycles. The fourth-order valence-electron chi connectivity index (χ4n) is 4.69. The first-order chi connectivity index (χ1) is 18.5. The van der Waals surface area contributed by atoms with Crippen LogP contribution in [0.4, 0.5) is 10.6 Å². The number of aliphatic carboxylic acids is 1. The first-order valence-electron chi connectivity index (χ1n) is 12.1. The lowest BCUT2D eigenvalue weighted by Crippen LogP contribution is -2.35. The molecule has 2 amide bonds. The molecule has 8 heteroatoms. The van der Waals surface area contributed by atoms with Crippen molar-refractivity contribution in [1.29, 1.82) is 0 Å². The van der Waals surface area contributed by atoms with Crippen LogP contribution < -0.4 is 5.32 Å². The summed E-state index contributed by atoms with van der Waals surface area (Å²) in [5, 5.41) is 11.9. The van der Waals surface area contributed by atoms with E-state index in [0.29, 0.717) is 0 Å². The van der Waals surface area contributed by atoms with Crippen molar-refractivity contribution in [2.75, 3.05) is 18.5 Å². The largest absolute Gasteiger partial charge is 0.480 e. The van der Waals surface area contributed by atoms with Crippen molar-refractivity contribution in [3.05, 3.63) is 119 Å². The highest BCUT2D eigenvalue weighted by atomic mass is 16.5. The highest BCUT2D eigenvalue weighted by molar-refractivity contribution is 5.95. The van der Waals surface area contributed by atoms with Crippen LogP contribution in [0, 0.1) is 0 Å². The van der Waals surface area contributed by atoms with Gasteiger partial charge in [0.1, 0.15) is 24.7 Å². The van der Waals surface area contributed by atoms with E-state index >= 15 is 0 Å². The lowest BCUT2D eigenvalue weighted by atomic mass is 9.98. The van der Waals surface area contributed by atoms with E-state index in [9.17, 15) is 19.5 Å². The summed E-state index contributed by atoms with van der Waals surface area (Å²) in [7, 11) is 0. The molecule has 1 heterocycles. The Balaban J connectivity index is 1.26. The van der Waals surface area contributed by atoms with Gasteiger partial charge in [-0.05, 0) is 39.9 Å². The number of benzene rings is 3. The fraction of sp³-hybridized carbons (Fsp3) is 0.133. The molecule has 190 valence electrons. The van der Waals surface area contributed by atoms with Crippen LogP contribution in [0.3, 0.4) is 0 Å². The molecule has 1 aromatic heterocycles. The normalized spacial score (nSPS) is 11.8. The van der Waals surface area contributed by atoms with Crippen molar-refractivity contribution in [3.8, 4) is 11.1 Å². The van der Waals surface area contributed by atoms with Gasteiger partial charge in [0.25, 0.3) is 5.91 Å². The number of anilines is 1. The second-order valence-electron chi connectivity index (χ2n) is 8.90. The standard InChI is InChI=1S/C30H25N3O5/c34-28(35)18-33(17-20-9-2-1-3-10-20)29(36)26-15-8-16-27(31-26)32-30(37)38-19-25-23-13-6-4-11-21(23)22-12-5-7-14-24(22)25/h1-16,25H,17-19H2,(H,34,35)(H,31,32,37). The maximum Gasteiger partial charge on any atom is 0.412 e. The van der Waals surface area contributed by atoms with Crippen molar-refractivity contribution < 1.29 is 24.2 Å². The Morgan fingerprint density at radius 3 is 2.11 bits per heavy atom. The second kappa shape index (κ2) is 11.0. The fourth-order valence-corrected chi connectivity index (χ4v) is 4.69. The van der Waals surface area contributed by atoms with Gasteiger partial charge in [-0.25, -0.2) is 9.78 Å². The van der Waals surface area contributed by atoms with Gasteiger partial charge in [-0.1, -0.05) is 84.9 Å². The lowest BCUT2D eigenvalue weighted by Gasteiger charge is -2.20. The molecule has 38 heavy (non-hydrogen) atoms. The van der Waals surface area contributed by atoms with Crippen molar-refractivity contribution in [2.24, 2.45) is 0 Å². The zero-order chi connectivity index (χ0) is 26.5. The Morgan fingerprint density at radius 1 is 0.816 bits per heavy atom. The van der Waals surface area contributed by atoms with Gasteiger partial charge < -0.3 is 14.7 Å². The molecule has 8 nitrogen and oxygen atoms in total. The van der Waals surface area contributed by atoms with Crippen LogP contribution in [0.1, 0.15) is 33.1 Å². The molecule has 0 radical (unpaired) electrons. The molecule has 0 spiro atoms.